The van der Waals surface area contributed by atoms with Crippen LogP contribution in [0.15, 0.2) is 303 Å². The quantitative estimate of drug-likeness (QED) is 0.128. The van der Waals surface area contributed by atoms with Crippen LogP contribution in [0.2, 0.25) is 0 Å². The molecule has 2 aliphatic heterocycles. The Kier molecular flexibility index (Phi) is 11.6. The Labute approximate surface area is 446 Å². The normalized spacial score (nSPS) is 18.6. The van der Waals surface area contributed by atoms with E-state index in [0.29, 0.717) is 0 Å². The molecule has 0 amide bonds. The molecule has 364 valence electrons. The molecular weight excluding hydrogens is 921 g/mol. The topological polar surface area (TPSA) is 13.0 Å². The Bertz CT molecular complexity index is 3760. The Morgan fingerprint density at radius 3 is 1.43 bits per heavy atom. The van der Waals surface area contributed by atoms with Crippen molar-refractivity contribution in [1.29, 1.82) is 0 Å². The minimum absolute atomic E-state index is 0.176. The van der Waals surface area contributed by atoms with Crippen molar-refractivity contribution in [1.82, 2.24) is 0 Å². The van der Waals surface area contributed by atoms with Crippen molar-refractivity contribution in [2.75, 3.05) is 19.6 Å². The molecule has 0 fully saturated rings. The summed E-state index contributed by atoms with van der Waals surface area (Å²) in [6.45, 7) is 0. The molecule has 3 aliphatic carbocycles. The van der Waals surface area contributed by atoms with E-state index in [0.717, 1.165) is 58.1 Å². The third-order valence-corrected chi connectivity index (χ3v) is 16.0. The molecule has 0 saturated heterocycles. The minimum Gasteiger partial charge on any atom is -0.337 e. The van der Waals surface area contributed by atoms with Crippen molar-refractivity contribution in [2.24, 2.45) is 0 Å². The molecule has 0 aromatic heterocycles. The summed E-state index contributed by atoms with van der Waals surface area (Å²) < 4.78 is 0. The maximum absolute atomic E-state index is 2.58. The van der Waals surface area contributed by atoms with Crippen molar-refractivity contribution < 1.29 is 0 Å². The maximum atomic E-state index is 2.58. The first-order valence-corrected chi connectivity index (χ1v) is 26.8. The van der Waals surface area contributed by atoms with Gasteiger partial charge in [0.05, 0.1) is 12.1 Å². The first kappa shape index (κ1) is 45.3. The predicted octanol–water partition coefficient (Wildman–Crippen LogP) is 18.7. The Balaban J connectivity index is 0.807. The SMILES string of the molecule is C1=CCCC(N2c3ccc(N(c4ccc(-c5ccccc5)cc4)c4ccc(-c5ccc(N(C6=CC7c8ccccc8N(c8ccccc8)C7C=C6)c6ccc(-c7ccccc7)cc6)cc5)cc4)cc3C3C=CC=CC32)=C1. The average molecular weight is 977 g/mol. The van der Waals surface area contributed by atoms with E-state index >= 15 is 0 Å². The second kappa shape index (κ2) is 19.5. The van der Waals surface area contributed by atoms with Crippen LogP contribution in [0.1, 0.15) is 35.8 Å². The molecule has 14 rings (SSSR count). The fraction of sp³-hybridized carbons (Fsp3) is 0.0833. The van der Waals surface area contributed by atoms with E-state index in [1.807, 2.05) is 0 Å². The number of para-hydroxylation sites is 2. The van der Waals surface area contributed by atoms with Crippen molar-refractivity contribution >= 4 is 45.5 Å². The van der Waals surface area contributed by atoms with Crippen LogP contribution >= 0.6 is 0 Å². The number of allylic oxidation sites excluding steroid dienone is 7. The van der Waals surface area contributed by atoms with E-state index in [2.05, 4.69) is 311 Å². The molecule has 76 heavy (non-hydrogen) atoms. The molecule has 5 aliphatic rings. The summed E-state index contributed by atoms with van der Waals surface area (Å²) in [5.41, 5.74) is 21.8. The van der Waals surface area contributed by atoms with Crippen LogP contribution in [-0.4, -0.2) is 12.1 Å². The van der Waals surface area contributed by atoms with Crippen molar-refractivity contribution in [2.45, 2.75) is 36.8 Å². The molecule has 0 spiro atoms. The van der Waals surface area contributed by atoms with Crippen LogP contribution in [-0.2, 0) is 0 Å². The number of hydrogen-bond donors (Lipinski definition) is 0. The number of nitrogens with zero attached hydrogens (tertiary/aromatic N) is 4. The van der Waals surface area contributed by atoms with Gasteiger partial charge in [0.1, 0.15) is 0 Å². The van der Waals surface area contributed by atoms with E-state index in [4.69, 9.17) is 0 Å². The zero-order chi connectivity index (χ0) is 50.4. The number of rotatable bonds is 11. The van der Waals surface area contributed by atoms with Gasteiger partial charge in [0.15, 0.2) is 0 Å². The molecular formula is C72H56N4. The van der Waals surface area contributed by atoms with Crippen LogP contribution in [0, 0.1) is 0 Å². The van der Waals surface area contributed by atoms with E-state index in [1.54, 1.807) is 0 Å². The summed E-state index contributed by atoms with van der Waals surface area (Å²) in [6.07, 6.45) is 25.3. The maximum Gasteiger partial charge on any atom is 0.0631 e. The fourth-order valence-corrected chi connectivity index (χ4v) is 12.3. The standard InChI is InChI=1S/C72H56N4/c1-5-17-51(18-6-1)53-29-37-59(38-30-53)73(63-45-47-71-67(49-63)65-25-13-15-27-69(65)75(71)57-21-9-3-10-22-57)61-41-33-55(34-42-61)56-35-43-62(44-36-56)74(60-39-31-54(32-40-60)52-19-7-2-8-20-52)64-46-48-72-68(50-64)66-26-14-16-28-70(66)76(72)58-23-11-4-12-24-58/h1-11,13-23,25-50,66-67,70-71H,12,24H2. The molecule has 0 N–H and O–H groups in total. The molecule has 4 unspecified atom stereocenters. The van der Waals surface area contributed by atoms with Gasteiger partial charge in [-0.2, -0.15) is 0 Å². The van der Waals surface area contributed by atoms with Crippen LogP contribution in [0.25, 0.3) is 33.4 Å². The van der Waals surface area contributed by atoms with Crippen molar-refractivity contribution in [3.05, 3.63) is 314 Å². The largest absolute Gasteiger partial charge is 0.337 e. The van der Waals surface area contributed by atoms with Gasteiger partial charge in [-0.1, -0.05) is 194 Å². The molecule has 2 heterocycles. The van der Waals surface area contributed by atoms with Crippen LogP contribution < -0.4 is 19.6 Å². The first-order chi connectivity index (χ1) is 37.7. The molecule has 9 aromatic rings. The lowest BCUT2D eigenvalue weighted by atomic mass is 9.89. The number of benzene rings is 9. The zero-order valence-corrected chi connectivity index (χ0v) is 42.2. The third kappa shape index (κ3) is 8.20. The second-order valence-corrected chi connectivity index (χ2v) is 20.3. The zero-order valence-electron chi connectivity index (χ0n) is 42.2. The molecule has 4 atom stereocenters. The molecule has 9 aromatic carbocycles. The lowest BCUT2D eigenvalue weighted by molar-refractivity contribution is 0.701. The lowest BCUT2D eigenvalue weighted by Crippen LogP contribution is -2.32. The highest BCUT2D eigenvalue weighted by atomic mass is 15.2. The van der Waals surface area contributed by atoms with Gasteiger partial charge < -0.3 is 19.6 Å². The highest BCUT2D eigenvalue weighted by molar-refractivity contribution is 5.84. The molecule has 0 saturated carbocycles. The first-order valence-electron chi connectivity index (χ1n) is 26.8. The monoisotopic (exact) mass is 976 g/mol. The highest BCUT2D eigenvalue weighted by Crippen LogP contribution is 2.51. The van der Waals surface area contributed by atoms with E-state index < -0.39 is 0 Å². The smallest absolute Gasteiger partial charge is 0.0631 e. The molecule has 4 heteroatoms. The second-order valence-electron chi connectivity index (χ2n) is 20.3. The van der Waals surface area contributed by atoms with Crippen molar-refractivity contribution in [3.63, 3.8) is 0 Å². The van der Waals surface area contributed by atoms with Gasteiger partial charge in [0, 0.05) is 68.7 Å². The van der Waals surface area contributed by atoms with E-state index in [1.165, 1.54) is 56.1 Å². The van der Waals surface area contributed by atoms with Gasteiger partial charge in [-0.05, 0) is 154 Å². The van der Waals surface area contributed by atoms with Gasteiger partial charge in [-0.25, -0.2) is 0 Å². The van der Waals surface area contributed by atoms with Gasteiger partial charge in [-0.15, -0.1) is 0 Å². The third-order valence-electron chi connectivity index (χ3n) is 16.0. The summed E-state index contributed by atoms with van der Waals surface area (Å²) in [4.78, 5) is 9.92. The van der Waals surface area contributed by atoms with Gasteiger partial charge in [-0.3, -0.25) is 0 Å². The highest BCUT2D eigenvalue weighted by Gasteiger charge is 2.40. The van der Waals surface area contributed by atoms with Crippen LogP contribution in [0.3, 0.4) is 0 Å². The van der Waals surface area contributed by atoms with Crippen molar-refractivity contribution in [3.8, 4) is 33.4 Å². The van der Waals surface area contributed by atoms with E-state index in [-0.39, 0.29) is 23.9 Å². The van der Waals surface area contributed by atoms with Crippen LogP contribution in [0.4, 0.5) is 45.5 Å². The summed E-state index contributed by atoms with van der Waals surface area (Å²) in [5, 5.41) is 0. The number of anilines is 8. The summed E-state index contributed by atoms with van der Waals surface area (Å²) >= 11 is 0. The van der Waals surface area contributed by atoms with E-state index in [9.17, 15) is 0 Å². The summed E-state index contributed by atoms with van der Waals surface area (Å²) in [6, 6.07) is 84.9. The Morgan fingerprint density at radius 1 is 0.368 bits per heavy atom. The lowest BCUT2D eigenvalue weighted by Gasteiger charge is -2.33. The number of hydrogen-bond acceptors (Lipinski definition) is 4. The van der Waals surface area contributed by atoms with Gasteiger partial charge in [0.25, 0.3) is 0 Å². The summed E-state index contributed by atoms with van der Waals surface area (Å²) in [5.74, 6) is 0.457. The van der Waals surface area contributed by atoms with Gasteiger partial charge >= 0.3 is 0 Å². The fourth-order valence-electron chi connectivity index (χ4n) is 12.3. The summed E-state index contributed by atoms with van der Waals surface area (Å²) in [7, 11) is 0. The Morgan fingerprint density at radius 2 is 0.855 bits per heavy atom. The molecule has 0 bridgehead atoms. The Hall–Kier alpha value is -9.38. The van der Waals surface area contributed by atoms with Gasteiger partial charge in [0.2, 0.25) is 0 Å². The predicted molar refractivity (Wildman–Crippen MR) is 319 cm³/mol. The minimum atomic E-state index is 0.176. The van der Waals surface area contributed by atoms with Crippen LogP contribution in [0.5, 0.6) is 0 Å². The molecule has 0 radical (unpaired) electrons. The molecule has 4 nitrogen and oxygen atoms in total. The average Bonchev–Trinajstić information content (AvgIpc) is 4.08. The number of fused-ring (bicyclic) bond motifs is 6.